The highest BCUT2D eigenvalue weighted by molar-refractivity contribution is 5.88. The molecule has 2 rings (SSSR count). The first kappa shape index (κ1) is 19.6. The van der Waals surface area contributed by atoms with Crippen molar-refractivity contribution in [3.8, 4) is 0 Å². The van der Waals surface area contributed by atoms with E-state index in [2.05, 4.69) is 5.32 Å². The van der Waals surface area contributed by atoms with Crippen LogP contribution in [0.5, 0.6) is 0 Å². The number of benzene rings is 2. The molecular formula is C21H25FN2O2. The monoisotopic (exact) mass is 356 g/mol. The van der Waals surface area contributed by atoms with Gasteiger partial charge in [0, 0.05) is 25.9 Å². The van der Waals surface area contributed by atoms with Gasteiger partial charge in [0.1, 0.15) is 11.9 Å². The summed E-state index contributed by atoms with van der Waals surface area (Å²) in [5.41, 5.74) is 1.75. The molecule has 2 amide bonds. The van der Waals surface area contributed by atoms with Gasteiger partial charge < -0.3 is 10.2 Å². The number of likely N-dealkylation sites (N-methyl/N-ethyl adjacent to an activating group) is 1. The van der Waals surface area contributed by atoms with Gasteiger partial charge in [-0.3, -0.25) is 9.59 Å². The molecule has 26 heavy (non-hydrogen) atoms. The molecule has 2 aromatic carbocycles. The maximum absolute atomic E-state index is 13.2. The number of carbonyl (C=O) groups excluding carboxylic acids is 2. The highest BCUT2D eigenvalue weighted by atomic mass is 19.1. The maximum atomic E-state index is 13.2. The lowest BCUT2D eigenvalue weighted by molar-refractivity contribution is -0.143. The lowest BCUT2D eigenvalue weighted by atomic mass is 10.0. The van der Waals surface area contributed by atoms with Gasteiger partial charge in [-0.1, -0.05) is 56.3 Å². The van der Waals surface area contributed by atoms with Crippen molar-refractivity contribution in [1.29, 1.82) is 0 Å². The van der Waals surface area contributed by atoms with E-state index in [1.807, 2.05) is 44.2 Å². The maximum Gasteiger partial charge on any atom is 0.242 e. The van der Waals surface area contributed by atoms with Crippen LogP contribution in [-0.2, 0) is 22.6 Å². The van der Waals surface area contributed by atoms with E-state index in [-0.39, 0.29) is 30.1 Å². The van der Waals surface area contributed by atoms with Crippen molar-refractivity contribution in [2.75, 3.05) is 7.05 Å². The molecule has 1 unspecified atom stereocenters. The fourth-order valence-corrected chi connectivity index (χ4v) is 2.81. The van der Waals surface area contributed by atoms with Crippen LogP contribution in [0.4, 0.5) is 4.39 Å². The zero-order valence-electron chi connectivity index (χ0n) is 15.4. The number of nitrogens with one attached hydrogen (secondary N) is 1. The fraction of sp³-hybridized carbons (Fsp3) is 0.333. The van der Waals surface area contributed by atoms with E-state index in [1.54, 1.807) is 24.1 Å². The summed E-state index contributed by atoms with van der Waals surface area (Å²) in [5, 5.41) is 2.66. The molecule has 0 bridgehead atoms. The summed E-state index contributed by atoms with van der Waals surface area (Å²) in [6.45, 7) is 3.87. The van der Waals surface area contributed by atoms with E-state index in [1.165, 1.54) is 12.1 Å². The Bertz CT molecular complexity index is 729. The molecule has 138 valence electrons. The van der Waals surface area contributed by atoms with E-state index in [0.29, 0.717) is 6.42 Å². The summed E-state index contributed by atoms with van der Waals surface area (Å²) < 4.78 is 13.2. The number of hydrogen-bond donors (Lipinski definition) is 1. The Labute approximate surface area is 154 Å². The predicted octanol–water partition coefficient (Wildman–Crippen LogP) is 3.17. The minimum absolute atomic E-state index is 0.112. The van der Waals surface area contributed by atoms with Crippen molar-refractivity contribution >= 4 is 11.8 Å². The number of hydrogen-bond acceptors (Lipinski definition) is 2. The van der Waals surface area contributed by atoms with Crippen LogP contribution < -0.4 is 5.32 Å². The first-order valence-electron chi connectivity index (χ1n) is 8.72. The van der Waals surface area contributed by atoms with E-state index in [0.717, 1.165) is 11.1 Å². The summed E-state index contributed by atoms with van der Waals surface area (Å²) in [7, 11) is 1.57. The van der Waals surface area contributed by atoms with Crippen molar-refractivity contribution in [3.05, 3.63) is 71.5 Å². The molecule has 0 heterocycles. The smallest absolute Gasteiger partial charge is 0.242 e. The zero-order chi connectivity index (χ0) is 19.1. The Balaban J connectivity index is 2.35. The third-order valence-electron chi connectivity index (χ3n) is 4.24. The summed E-state index contributed by atoms with van der Waals surface area (Å²) >= 11 is 0. The van der Waals surface area contributed by atoms with Gasteiger partial charge in [-0.15, -0.1) is 0 Å². The Morgan fingerprint density at radius 2 is 1.62 bits per heavy atom. The second-order valence-corrected chi connectivity index (χ2v) is 6.57. The van der Waals surface area contributed by atoms with Crippen molar-refractivity contribution in [2.24, 2.45) is 5.92 Å². The lowest BCUT2D eigenvalue weighted by Crippen LogP contribution is -2.50. The van der Waals surface area contributed by atoms with Gasteiger partial charge in [0.25, 0.3) is 0 Å². The van der Waals surface area contributed by atoms with Crippen LogP contribution >= 0.6 is 0 Å². The lowest BCUT2D eigenvalue weighted by Gasteiger charge is -2.32. The number of halogens is 1. The molecule has 0 fully saturated rings. The van der Waals surface area contributed by atoms with Gasteiger partial charge in [0.2, 0.25) is 11.8 Å². The molecule has 1 N–H and O–H groups in total. The molecule has 4 nitrogen and oxygen atoms in total. The van der Waals surface area contributed by atoms with Gasteiger partial charge in [-0.25, -0.2) is 4.39 Å². The van der Waals surface area contributed by atoms with Gasteiger partial charge >= 0.3 is 0 Å². The number of amides is 2. The third kappa shape index (κ3) is 5.15. The highest BCUT2D eigenvalue weighted by Gasteiger charge is 2.30. The molecule has 0 aliphatic heterocycles. The van der Waals surface area contributed by atoms with Crippen LogP contribution in [0.1, 0.15) is 25.0 Å². The van der Waals surface area contributed by atoms with E-state index in [4.69, 9.17) is 0 Å². The molecule has 0 aliphatic rings. The number of carbonyl (C=O) groups is 2. The number of nitrogens with zero attached hydrogens (tertiary/aromatic N) is 1. The molecule has 0 spiro atoms. The molecule has 0 aliphatic carbocycles. The molecule has 2 aromatic rings. The van der Waals surface area contributed by atoms with Gasteiger partial charge in [0.05, 0.1) is 0 Å². The number of rotatable bonds is 7. The molecule has 0 saturated carbocycles. The van der Waals surface area contributed by atoms with E-state index in [9.17, 15) is 14.0 Å². The predicted molar refractivity (Wildman–Crippen MR) is 99.8 cm³/mol. The topological polar surface area (TPSA) is 49.4 Å². The van der Waals surface area contributed by atoms with Gasteiger partial charge in [-0.2, -0.15) is 0 Å². The average Bonchev–Trinajstić information content (AvgIpc) is 2.65. The highest BCUT2D eigenvalue weighted by Crippen LogP contribution is 2.17. The van der Waals surface area contributed by atoms with Crippen LogP contribution in [-0.4, -0.2) is 29.8 Å². The normalized spacial score (nSPS) is 11.9. The summed E-state index contributed by atoms with van der Waals surface area (Å²) in [4.78, 5) is 27.0. The molecule has 0 aromatic heterocycles. The first-order valence-corrected chi connectivity index (χ1v) is 8.72. The molecular weight excluding hydrogens is 331 g/mol. The van der Waals surface area contributed by atoms with Gasteiger partial charge in [0.15, 0.2) is 0 Å². The Hall–Kier alpha value is -2.69. The Morgan fingerprint density at radius 3 is 2.15 bits per heavy atom. The average molecular weight is 356 g/mol. The first-order chi connectivity index (χ1) is 12.4. The van der Waals surface area contributed by atoms with E-state index >= 15 is 0 Å². The summed E-state index contributed by atoms with van der Waals surface area (Å²) in [6, 6.07) is 15.0. The second-order valence-electron chi connectivity index (χ2n) is 6.57. The van der Waals surface area contributed by atoms with Crippen molar-refractivity contribution < 1.29 is 14.0 Å². The largest absolute Gasteiger partial charge is 0.357 e. The van der Waals surface area contributed by atoms with Crippen molar-refractivity contribution in [3.63, 3.8) is 0 Å². The second kappa shape index (κ2) is 9.13. The third-order valence-corrected chi connectivity index (χ3v) is 4.24. The molecule has 0 radical (unpaired) electrons. The van der Waals surface area contributed by atoms with Gasteiger partial charge in [-0.05, 0) is 23.3 Å². The fourth-order valence-electron chi connectivity index (χ4n) is 2.81. The minimum atomic E-state index is -0.637. The SMILES string of the molecule is CNC(=O)C(Cc1ccccc1)N(Cc1ccc(F)cc1)C(=O)C(C)C. The van der Waals surface area contributed by atoms with Crippen LogP contribution in [0.3, 0.4) is 0 Å². The standard InChI is InChI=1S/C21H25FN2O2/c1-15(2)21(26)24(14-17-9-11-18(22)12-10-17)19(20(25)23-3)13-16-7-5-4-6-8-16/h4-12,15,19H,13-14H2,1-3H3,(H,23,25). The van der Waals surface area contributed by atoms with Crippen molar-refractivity contribution in [1.82, 2.24) is 10.2 Å². The Morgan fingerprint density at radius 1 is 1.00 bits per heavy atom. The van der Waals surface area contributed by atoms with E-state index < -0.39 is 6.04 Å². The van der Waals surface area contributed by atoms with Crippen LogP contribution in [0.2, 0.25) is 0 Å². The Kier molecular flexibility index (Phi) is 6.89. The van der Waals surface area contributed by atoms with Crippen LogP contribution in [0.15, 0.2) is 54.6 Å². The zero-order valence-corrected chi connectivity index (χ0v) is 15.4. The van der Waals surface area contributed by atoms with Crippen LogP contribution in [0, 0.1) is 11.7 Å². The molecule has 5 heteroatoms. The quantitative estimate of drug-likeness (QED) is 0.828. The molecule has 1 atom stereocenters. The van der Waals surface area contributed by atoms with Crippen LogP contribution in [0.25, 0.3) is 0 Å². The van der Waals surface area contributed by atoms with Crippen molar-refractivity contribution in [2.45, 2.75) is 32.9 Å². The summed E-state index contributed by atoms with van der Waals surface area (Å²) in [6.07, 6.45) is 0.417. The minimum Gasteiger partial charge on any atom is -0.357 e. The molecule has 0 saturated heterocycles. The summed E-state index contributed by atoms with van der Waals surface area (Å²) in [5.74, 6) is -0.912.